The second-order valence-corrected chi connectivity index (χ2v) is 4.58. The van der Waals surface area contributed by atoms with E-state index in [2.05, 4.69) is 22.0 Å². The maximum Gasteiger partial charge on any atom is 0.249 e. The van der Waals surface area contributed by atoms with E-state index in [-0.39, 0.29) is 24.6 Å². The van der Waals surface area contributed by atoms with Gasteiger partial charge in [-0.1, -0.05) is 11.2 Å². The van der Waals surface area contributed by atoms with Crippen molar-refractivity contribution < 1.29 is 24.3 Å². The largest absolute Gasteiger partial charge is 0.394 e. The zero-order valence-electron chi connectivity index (χ0n) is 11.8. The van der Waals surface area contributed by atoms with E-state index in [1.165, 1.54) is 6.08 Å². The molecule has 1 aromatic rings. The lowest BCUT2D eigenvalue weighted by Gasteiger charge is -2.14. The molecule has 1 heterocycles. The lowest BCUT2D eigenvalue weighted by atomic mass is 10.1. The Labute approximate surface area is 126 Å². The number of primary amides is 1. The van der Waals surface area contributed by atoms with E-state index in [0.717, 1.165) is 0 Å². The minimum Gasteiger partial charge on any atom is -0.394 e. The molecule has 22 heavy (non-hydrogen) atoms. The van der Waals surface area contributed by atoms with Gasteiger partial charge in [0.15, 0.2) is 5.82 Å². The van der Waals surface area contributed by atoms with Crippen molar-refractivity contribution in [2.45, 2.75) is 31.0 Å². The quantitative estimate of drug-likeness (QED) is 0.326. The average Bonchev–Trinajstić information content (AvgIpc) is 2.94. The van der Waals surface area contributed by atoms with Crippen molar-refractivity contribution in [2.24, 2.45) is 11.5 Å². The Morgan fingerprint density at radius 2 is 2.14 bits per heavy atom. The maximum atomic E-state index is 11.7. The van der Waals surface area contributed by atoms with Gasteiger partial charge < -0.3 is 31.5 Å². The molecule has 0 aliphatic rings. The van der Waals surface area contributed by atoms with Crippen LogP contribution in [0.1, 0.15) is 36.6 Å². The van der Waals surface area contributed by atoms with Gasteiger partial charge in [0.2, 0.25) is 17.7 Å². The summed E-state index contributed by atoms with van der Waals surface area (Å²) in [4.78, 5) is 26.8. The van der Waals surface area contributed by atoms with Gasteiger partial charge in [0.1, 0.15) is 6.04 Å². The first-order chi connectivity index (χ1) is 10.4. The molecule has 10 nitrogen and oxygen atoms in total. The molecule has 0 spiro atoms. The highest BCUT2D eigenvalue weighted by atomic mass is 16.5. The third-order valence-electron chi connectivity index (χ3n) is 2.69. The van der Waals surface area contributed by atoms with Crippen LogP contribution in [0.5, 0.6) is 0 Å². The van der Waals surface area contributed by atoms with Crippen molar-refractivity contribution in [2.75, 3.05) is 6.61 Å². The third-order valence-corrected chi connectivity index (χ3v) is 2.69. The van der Waals surface area contributed by atoms with Crippen LogP contribution in [0.4, 0.5) is 0 Å². The maximum absolute atomic E-state index is 11.7. The van der Waals surface area contributed by atoms with Crippen molar-refractivity contribution in [1.82, 2.24) is 15.5 Å². The van der Waals surface area contributed by atoms with Crippen molar-refractivity contribution in [3.63, 3.8) is 0 Å². The van der Waals surface area contributed by atoms with Crippen LogP contribution in [0, 0.1) is 0 Å². The molecule has 0 aliphatic heterocycles. The number of carbonyl (C=O) groups is 2. The number of amides is 2. The number of aliphatic hydroxyl groups is 2. The van der Waals surface area contributed by atoms with Crippen molar-refractivity contribution in [3.8, 4) is 0 Å². The number of nitrogens with zero attached hydrogens (tertiary/aromatic N) is 2. The summed E-state index contributed by atoms with van der Waals surface area (Å²) in [7, 11) is 0. The Hall–Kier alpha value is -2.30. The zero-order chi connectivity index (χ0) is 16.7. The Kier molecular flexibility index (Phi) is 6.63. The van der Waals surface area contributed by atoms with E-state index in [0.29, 0.717) is 0 Å². The molecule has 10 heteroatoms. The van der Waals surface area contributed by atoms with E-state index in [1.54, 1.807) is 0 Å². The molecule has 0 saturated carbocycles. The molecule has 0 saturated heterocycles. The molecule has 3 atom stereocenters. The van der Waals surface area contributed by atoms with Crippen molar-refractivity contribution in [3.05, 3.63) is 24.4 Å². The van der Waals surface area contributed by atoms with Crippen LogP contribution in [-0.2, 0) is 9.59 Å². The molecule has 0 aromatic carbocycles. The molecule has 7 N–H and O–H groups in total. The number of nitrogens with one attached hydrogen (secondary N) is 1. The topological polar surface area (TPSA) is 178 Å². The predicted molar refractivity (Wildman–Crippen MR) is 73.8 cm³/mol. The van der Waals surface area contributed by atoms with Crippen LogP contribution in [0.3, 0.4) is 0 Å². The monoisotopic (exact) mass is 313 g/mol. The van der Waals surface area contributed by atoms with E-state index >= 15 is 0 Å². The summed E-state index contributed by atoms with van der Waals surface area (Å²) in [5.41, 5.74) is 10.7. The fourth-order valence-electron chi connectivity index (χ4n) is 1.55. The lowest BCUT2D eigenvalue weighted by molar-refractivity contribution is -0.124. The summed E-state index contributed by atoms with van der Waals surface area (Å²) >= 11 is 0. The van der Waals surface area contributed by atoms with Crippen LogP contribution in [-0.4, -0.2) is 44.9 Å². The summed E-state index contributed by atoms with van der Waals surface area (Å²) in [5, 5.41) is 24.3. The predicted octanol–water partition coefficient (Wildman–Crippen LogP) is -1.97. The van der Waals surface area contributed by atoms with Crippen molar-refractivity contribution in [1.29, 1.82) is 0 Å². The van der Waals surface area contributed by atoms with Gasteiger partial charge in [-0.05, 0) is 0 Å². The summed E-state index contributed by atoms with van der Waals surface area (Å²) in [6.45, 7) is 2.96. The summed E-state index contributed by atoms with van der Waals surface area (Å²) in [5.74, 6) is -1.28. The molecular weight excluding hydrogens is 294 g/mol. The van der Waals surface area contributed by atoms with Gasteiger partial charge in [-0.25, -0.2) is 0 Å². The number of hydrogen-bond acceptors (Lipinski definition) is 8. The average molecular weight is 313 g/mol. The second kappa shape index (κ2) is 8.22. The van der Waals surface area contributed by atoms with E-state index in [9.17, 15) is 14.7 Å². The van der Waals surface area contributed by atoms with Gasteiger partial charge in [-0.2, -0.15) is 4.98 Å². The first kappa shape index (κ1) is 17.8. The van der Waals surface area contributed by atoms with E-state index in [4.69, 9.17) is 21.1 Å². The highest BCUT2D eigenvalue weighted by molar-refractivity contribution is 5.79. The molecule has 0 aliphatic carbocycles. The van der Waals surface area contributed by atoms with Gasteiger partial charge >= 0.3 is 0 Å². The minimum atomic E-state index is -1.02. The minimum absolute atomic E-state index is 0.0346. The van der Waals surface area contributed by atoms with E-state index in [1.807, 2.05) is 0 Å². The number of nitrogens with two attached hydrogens (primary N) is 2. The molecule has 2 amide bonds. The lowest BCUT2D eigenvalue weighted by Crippen LogP contribution is -2.33. The Balaban J connectivity index is 2.83. The number of hydrogen-bond donors (Lipinski definition) is 5. The van der Waals surface area contributed by atoms with Crippen LogP contribution in [0.25, 0.3) is 0 Å². The molecule has 122 valence electrons. The molecule has 1 aromatic heterocycles. The Bertz CT molecular complexity index is 532. The van der Waals surface area contributed by atoms with Crippen LogP contribution in [0.2, 0.25) is 0 Å². The third kappa shape index (κ3) is 5.24. The van der Waals surface area contributed by atoms with E-state index < -0.39 is 36.6 Å². The second-order valence-electron chi connectivity index (χ2n) is 4.58. The summed E-state index contributed by atoms with van der Waals surface area (Å²) in [6, 6.07) is -1.79. The van der Waals surface area contributed by atoms with Gasteiger partial charge in [0.25, 0.3) is 0 Å². The van der Waals surface area contributed by atoms with Crippen molar-refractivity contribution >= 4 is 11.8 Å². The fraction of sp³-hybridized carbons (Fsp3) is 0.500. The highest BCUT2D eigenvalue weighted by Gasteiger charge is 2.25. The molecule has 0 radical (unpaired) electrons. The van der Waals surface area contributed by atoms with Gasteiger partial charge in [0.05, 0.1) is 31.6 Å². The first-order valence-electron chi connectivity index (χ1n) is 6.45. The number of carbonyl (C=O) groups excluding carboxylic acids is 2. The molecule has 0 fully saturated rings. The fourth-order valence-corrected chi connectivity index (χ4v) is 1.55. The Morgan fingerprint density at radius 1 is 1.45 bits per heavy atom. The zero-order valence-corrected chi connectivity index (χ0v) is 11.8. The first-order valence-corrected chi connectivity index (χ1v) is 6.45. The Morgan fingerprint density at radius 3 is 2.68 bits per heavy atom. The van der Waals surface area contributed by atoms with Gasteiger partial charge in [-0.3, -0.25) is 9.59 Å². The highest BCUT2D eigenvalue weighted by Crippen LogP contribution is 2.17. The number of rotatable bonds is 9. The standard InChI is InChI=1S/C12H19N5O5/c1-2-6(19)3-10(21)15-8(4-9(14)20)12-16-11(17-22-12)7(13)5-18/h2,6-8,18-19H,1,3-5,13H2,(H2,14,20)(H,15,21)/t6-,7+,8+/m1/s1. The molecule has 0 bridgehead atoms. The summed E-state index contributed by atoms with van der Waals surface area (Å²) < 4.78 is 4.93. The van der Waals surface area contributed by atoms with Gasteiger partial charge in [-0.15, -0.1) is 6.58 Å². The summed E-state index contributed by atoms with van der Waals surface area (Å²) in [6.07, 6.45) is -0.328. The molecule has 1 rings (SSSR count). The van der Waals surface area contributed by atoms with Gasteiger partial charge in [0, 0.05) is 0 Å². The smallest absolute Gasteiger partial charge is 0.249 e. The SMILES string of the molecule is C=C[C@@H](O)CC(=O)N[C@@H](CC(N)=O)c1nc([C@@H](N)CO)no1. The van der Waals surface area contributed by atoms with Crippen LogP contribution in [0.15, 0.2) is 17.2 Å². The normalized spacial score (nSPS) is 14.9. The molecular formula is C12H19N5O5. The van der Waals surface area contributed by atoms with Crippen LogP contribution < -0.4 is 16.8 Å². The number of aliphatic hydroxyl groups excluding tert-OH is 2. The number of aromatic nitrogens is 2. The van der Waals surface area contributed by atoms with Crippen LogP contribution >= 0.6 is 0 Å². The molecule has 0 unspecified atom stereocenters.